The normalized spacial score (nSPS) is 16.8. The van der Waals surface area contributed by atoms with Crippen LogP contribution in [0.25, 0.3) is 0 Å². The molecular formula is C17H14Cl2N2S. The number of benzene rings is 2. The van der Waals surface area contributed by atoms with Crippen molar-refractivity contribution < 1.29 is 0 Å². The molecule has 2 aromatic rings. The van der Waals surface area contributed by atoms with Gasteiger partial charge in [-0.25, -0.2) is 5.01 Å². The highest BCUT2D eigenvalue weighted by atomic mass is 35.5. The molecule has 0 fully saturated rings. The van der Waals surface area contributed by atoms with E-state index in [9.17, 15) is 0 Å². The molecule has 22 heavy (non-hydrogen) atoms. The number of anilines is 1. The van der Waals surface area contributed by atoms with E-state index >= 15 is 0 Å². The van der Waals surface area contributed by atoms with Gasteiger partial charge in [0.05, 0.1) is 16.8 Å². The minimum absolute atomic E-state index is 0.342. The smallest absolute Gasteiger partial charge is 0.117 e. The van der Waals surface area contributed by atoms with Crippen molar-refractivity contribution in [3.63, 3.8) is 0 Å². The number of hydrogen-bond acceptors (Lipinski definition) is 2. The van der Waals surface area contributed by atoms with Crippen LogP contribution in [-0.4, -0.2) is 10.7 Å². The molecule has 0 spiro atoms. The number of nitrogens with zero attached hydrogens (tertiary/aromatic N) is 2. The van der Waals surface area contributed by atoms with Gasteiger partial charge in [0, 0.05) is 10.0 Å². The summed E-state index contributed by atoms with van der Waals surface area (Å²) < 4.78 is 0. The zero-order chi connectivity index (χ0) is 15.9. The molecule has 2 aromatic carbocycles. The monoisotopic (exact) mass is 348 g/mol. The molecule has 1 aliphatic rings. The number of rotatable bonds is 2. The van der Waals surface area contributed by atoms with Crippen molar-refractivity contribution in [3.8, 4) is 0 Å². The van der Waals surface area contributed by atoms with Gasteiger partial charge in [-0.05, 0) is 49.7 Å². The third-order valence-electron chi connectivity index (χ3n) is 3.69. The van der Waals surface area contributed by atoms with Gasteiger partial charge in [0.1, 0.15) is 4.99 Å². The Morgan fingerprint density at radius 1 is 1.00 bits per heavy atom. The van der Waals surface area contributed by atoms with Crippen molar-refractivity contribution >= 4 is 51.8 Å². The number of thiocarbonyl (C=S) groups is 1. The summed E-state index contributed by atoms with van der Waals surface area (Å²) in [7, 11) is 0. The van der Waals surface area contributed by atoms with E-state index in [1.807, 2.05) is 48.5 Å². The van der Waals surface area contributed by atoms with E-state index in [0.717, 1.165) is 22.0 Å². The second-order valence-corrected chi connectivity index (χ2v) is 6.94. The first-order valence-electron chi connectivity index (χ1n) is 6.85. The maximum Gasteiger partial charge on any atom is 0.117 e. The van der Waals surface area contributed by atoms with E-state index in [0.29, 0.717) is 10.0 Å². The quantitative estimate of drug-likeness (QED) is 0.659. The van der Waals surface area contributed by atoms with Crippen LogP contribution in [0.1, 0.15) is 19.4 Å². The Kier molecular flexibility index (Phi) is 3.98. The highest BCUT2D eigenvalue weighted by molar-refractivity contribution is 7.80. The third kappa shape index (κ3) is 2.65. The Morgan fingerprint density at radius 3 is 2.32 bits per heavy atom. The van der Waals surface area contributed by atoms with Crippen molar-refractivity contribution in [1.82, 2.24) is 0 Å². The zero-order valence-corrected chi connectivity index (χ0v) is 14.5. The van der Waals surface area contributed by atoms with Gasteiger partial charge >= 0.3 is 0 Å². The topological polar surface area (TPSA) is 15.6 Å². The van der Waals surface area contributed by atoms with Gasteiger partial charge in [-0.2, -0.15) is 5.10 Å². The van der Waals surface area contributed by atoms with Crippen LogP contribution in [0.15, 0.2) is 53.6 Å². The molecule has 0 radical (unpaired) electrons. The minimum atomic E-state index is -0.342. The summed E-state index contributed by atoms with van der Waals surface area (Å²) in [4.78, 5) is 0.750. The Balaban J connectivity index is 2.07. The van der Waals surface area contributed by atoms with Crippen molar-refractivity contribution in [1.29, 1.82) is 0 Å². The van der Waals surface area contributed by atoms with Gasteiger partial charge in [0.2, 0.25) is 0 Å². The number of hydrazone groups is 1. The van der Waals surface area contributed by atoms with Crippen LogP contribution in [0, 0.1) is 5.41 Å². The summed E-state index contributed by atoms with van der Waals surface area (Å²) in [6.07, 6.45) is 0. The fourth-order valence-electron chi connectivity index (χ4n) is 2.45. The standard InChI is InChI=1S/C17H14Cl2N2S/c1-17(2)15(11-6-8-12(18)9-7-11)20-21(16(17)22)14-5-3-4-13(19)10-14/h3-10H,1-2H3. The zero-order valence-electron chi connectivity index (χ0n) is 12.2. The van der Waals surface area contributed by atoms with Crippen molar-refractivity contribution in [2.45, 2.75) is 13.8 Å². The van der Waals surface area contributed by atoms with Gasteiger partial charge in [-0.1, -0.05) is 53.6 Å². The summed E-state index contributed by atoms with van der Waals surface area (Å²) in [5.41, 5.74) is 2.47. The van der Waals surface area contributed by atoms with Crippen LogP contribution >= 0.6 is 35.4 Å². The van der Waals surface area contributed by atoms with Crippen molar-refractivity contribution in [2.24, 2.45) is 10.5 Å². The Hall–Kier alpha value is -1.42. The average Bonchev–Trinajstić information content (AvgIpc) is 2.71. The fraction of sp³-hybridized carbons (Fsp3) is 0.176. The maximum atomic E-state index is 6.08. The van der Waals surface area contributed by atoms with Gasteiger partial charge < -0.3 is 0 Å². The molecule has 2 nitrogen and oxygen atoms in total. The van der Waals surface area contributed by atoms with Gasteiger partial charge in [-0.3, -0.25) is 0 Å². The maximum absolute atomic E-state index is 6.08. The lowest BCUT2D eigenvalue weighted by Gasteiger charge is -2.23. The second-order valence-electron chi connectivity index (χ2n) is 5.68. The molecule has 0 N–H and O–H groups in total. The first-order chi connectivity index (χ1) is 10.4. The van der Waals surface area contributed by atoms with Gasteiger partial charge in [0.25, 0.3) is 0 Å². The third-order valence-corrected chi connectivity index (χ3v) is 4.86. The molecule has 112 valence electrons. The lowest BCUT2D eigenvalue weighted by molar-refractivity contribution is 0.751. The summed E-state index contributed by atoms with van der Waals surface area (Å²) in [6, 6.07) is 15.2. The predicted molar refractivity (Wildman–Crippen MR) is 98.3 cm³/mol. The molecular weight excluding hydrogens is 335 g/mol. The summed E-state index contributed by atoms with van der Waals surface area (Å²) in [5.74, 6) is 0. The first-order valence-corrected chi connectivity index (χ1v) is 8.01. The van der Waals surface area contributed by atoms with Crippen molar-refractivity contribution in [2.75, 3.05) is 5.01 Å². The largest absolute Gasteiger partial charge is 0.226 e. The second kappa shape index (κ2) is 5.65. The molecule has 0 unspecified atom stereocenters. The van der Waals surface area contributed by atoms with E-state index in [-0.39, 0.29) is 5.41 Å². The lowest BCUT2D eigenvalue weighted by atomic mass is 9.84. The molecule has 0 aromatic heterocycles. The van der Waals surface area contributed by atoms with Gasteiger partial charge in [-0.15, -0.1) is 0 Å². The van der Waals surface area contributed by atoms with E-state index in [2.05, 4.69) is 13.8 Å². The molecule has 1 aliphatic heterocycles. The Labute approximate surface area is 145 Å². The van der Waals surface area contributed by atoms with E-state index in [1.54, 1.807) is 5.01 Å². The Morgan fingerprint density at radius 2 is 1.68 bits per heavy atom. The molecule has 0 amide bonds. The van der Waals surface area contributed by atoms with Crippen molar-refractivity contribution in [3.05, 3.63) is 64.1 Å². The van der Waals surface area contributed by atoms with Crippen LogP contribution in [0.3, 0.4) is 0 Å². The lowest BCUT2D eigenvalue weighted by Crippen LogP contribution is -2.33. The molecule has 3 rings (SSSR count). The van der Waals surface area contributed by atoms with Crippen LogP contribution in [0.2, 0.25) is 10.0 Å². The highest BCUT2D eigenvalue weighted by Crippen LogP contribution is 2.36. The summed E-state index contributed by atoms with van der Waals surface area (Å²) >= 11 is 17.7. The molecule has 0 atom stereocenters. The van der Waals surface area contributed by atoms with E-state index in [1.165, 1.54) is 0 Å². The molecule has 1 heterocycles. The Bertz CT molecular complexity index is 766. The van der Waals surface area contributed by atoms with Crippen LogP contribution in [-0.2, 0) is 0 Å². The minimum Gasteiger partial charge on any atom is -0.226 e. The molecule has 0 saturated carbocycles. The average molecular weight is 349 g/mol. The van der Waals surface area contributed by atoms with Gasteiger partial charge in [0.15, 0.2) is 0 Å². The molecule has 0 aliphatic carbocycles. The molecule has 0 saturated heterocycles. The SMILES string of the molecule is CC1(C)C(=S)N(c2cccc(Cl)c2)N=C1c1ccc(Cl)cc1. The number of halogens is 2. The van der Waals surface area contributed by atoms with E-state index < -0.39 is 0 Å². The number of hydrogen-bond donors (Lipinski definition) is 0. The fourth-order valence-corrected chi connectivity index (χ4v) is 3.00. The molecule has 0 bridgehead atoms. The predicted octanol–water partition coefficient (Wildman–Crippen LogP) is 5.57. The summed E-state index contributed by atoms with van der Waals surface area (Å²) in [6.45, 7) is 4.15. The van der Waals surface area contributed by atoms with Crippen LogP contribution < -0.4 is 5.01 Å². The van der Waals surface area contributed by atoms with Crippen LogP contribution in [0.5, 0.6) is 0 Å². The highest BCUT2D eigenvalue weighted by Gasteiger charge is 2.41. The molecule has 5 heteroatoms. The summed E-state index contributed by atoms with van der Waals surface area (Å²) in [5, 5.41) is 7.89. The first kappa shape index (κ1) is 15.5. The van der Waals surface area contributed by atoms with Crippen LogP contribution in [0.4, 0.5) is 5.69 Å². The van der Waals surface area contributed by atoms with E-state index in [4.69, 9.17) is 40.5 Å².